The Kier molecular flexibility index (Phi) is 8.82. The van der Waals surface area contributed by atoms with E-state index in [1.807, 2.05) is 0 Å². The third kappa shape index (κ3) is 7.07. The van der Waals surface area contributed by atoms with Crippen LogP contribution in [-0.2, 0) is 19.1 Å². The molecule has 10 nitrogen and oxygen atoms in total. The van der Waals surface area contributed by atoms with Gasteiger partial charge in [-0.2, -0.15) is 0 Å². The molecule has 3 rings (SSSR count). The lowest BCUT2D eigenvalue weighted by molar-refractivity contribution is -0.157. The third-order valence-corrected chi connectivity index (χ3v) is 5.14. The molecule has 0 heterocycles. The Morgan fingerprint density at radius 2 is 1.24 bits per heavy atom. The van der Waals surface area contributed by atoms with Gasteiger partial charge in [-0.05, 0) is 61.0 Å². The Morgan fingerprint density at radius 1 is 0.730 bits per heavy atom. The second-order valence-electron chi connectivity index (χ2n) is 7.81. The first kappa shape index (κ1) is 26.7. The van der Waals surface area contributed by atoms with Crippen LogP contribution < -0.4 is 14.8 Å². The molecule has 10 heteroatoms. The molecular formula is C27H25NO9. The van der Waals surface area contributed by atoms with Crippen LogP contribution >= 0.6 is 0 Å². The zero-order valence-electron chi connectivity index (χ0n) is 20.3. The molecule has 0 aliphatic heterocycles. The number of carbonyl (C=O) groups excluding carboxylic acids is 3. The van der Waals surface area contributed by atoms with Crippen LogP contribution in [0.15, 0.2) is 72.8 Å². The number of benzene rings is 3. The lowest BCUT2D eigenvalue weighted by Gasteiger charge is -2.23. The maximum absolute atomic E-state index is 13.2. The number of amides is 1. The number of nitrogens with one attached hydrogen (secondary N) is 1. The van der Waals surface area contributed by atoms with Crippen molar-refractivity contribution in [3.05, 3.63) is 89.5 Å². The van der Waals surface area contributed by atoms with E-state index in [2.05, 4.69) is 5.32 Å². The van der Waals surface area contributed by atoms with Crippen LogP contribution in [0, 0.1) is 6.92 Å². The molecule has 2 atom stereocenters. The summed E-state index contributed by atoms with van der Waals surface area (Å²) < 4.78 is 20.6. The molecule has 192 valence electrons. The average Bonchev–Trinajstić information content (AvgIpc) is 2.90. The SMILES string of the molecule is COc1cccc(C(=O)O[C@H](C(=O)O)[C@@H](OC(=O)c2cccc(OC)c2)C(=O)Nc2cccc(C)c2)c1. The Morgan fingerprint density at radius 3 is 1.73 bits per heavy atom. The number of aryl methyl sites for hydroxylation is 1. The van der Waals surface area contributed by atoms with E-state index < -0.39 is 36.0 Å². The van der Waals surface area contributed by atoms with Gasteiger partial charge < -0.3 is 29.4 Å². The summed E-state index contributed by atoms with van der Waals surface area (Å²) in [5, 5.41) is 12.4. The van der Waals surface area contributed by atoms with Crippen molar-refractivity contribution in [3.8, 4) is 11.5 Å². The summed E-state index contributed by atoms with van der Waals surface area (Å²) in [5.41, 5.74) is 1.12. The van der Waals surface area contributed by atoms with Crippen molar-refractivity contribution in [2.45, 2.75) is 19.1 Å². The summed E-state index contributed by atoms with van der Waals surface area (Å²) in [6, 6.07) is 18.4. The van der Waals surface area contributed by atoms with E-state index in [0.717, 1.165) is 5.56 Å². The quantitative estimate of drug-likeness (QED) is 0.395. The topological polar surface area (TPSA) is 137 Å². The Balaban J connectivity index is 1.93. The van der Waals surface area contributed by atoms with Crippen LogP contribution in [0.4, 0.5) is 5.69 Å². The summed E-state index contributed by atoms with van der Waals surface area (Å²) in [7, 11) is 2.80. The van der Waals surface area contributed by atoms with Crippen molar-refractivity contribution in [2.24, 2.45) is 0 Å². The van der Waals surface area contributed by atoms with E-state index in [4.69, 9.17) is 18.9 Å². The molecule has 0 bridgehead atoms. The number of esters is 2. The third-order valence-electron chi connectivity index (χ3n) is 5.14. The van der Waals surface area contributed by atoms with Crippen LogP contribution in [-0.4, -0.2) is 55.3 Å². The number of carbonyl (C=O) groups is 4. The number of aliphatic carboxylic acids is 1. The summed E-state index contributed by atoms with van der Waals surface area (Å²) in [6.45, 7) is 1.80. The highest BCUT2D eigenvalue weighted by atomic mass is 16.6. The van der Waals surface area contributed by atoms with Crippen molar-refractivity contribution in [1.29, 1.82) is 0 Å². The molecule has 0 fully saturated rings. The minimum Gasteiger partial charge on any atom is -0.497 e. The van der Waals surface area contributed by atoms with E-state index in [0.29, 0.717) is 17.2 Å². The number of methoxy groups -OCH3 is 2. The first-order valence-electron chi connectivity index (χ1n) is 11.0. The number of rotatable bonds is 10. The second-order valence-corrected chi connectivity index (χ2v) is 7.81. The zero-order chi connectivity index (χ0) is 26.9. The van der Waals surface area contributed by atoms with E-state index in [-0.39, 0.29) is 11.1 Å². The van der Waals surface area contributed by atoms with Crippen LogP contribution in [0.25, 0.3) is 0 Å². The lowest BCUT2D eigenvalue weighted by atomic mass is 10.1. The monoisotopic (exact) mass is 507 g/mol. The van der Waals surface area contributed by atoms with Crippen molar-refractivity contribution in [1.82, 2.24) is 0 Å². The molecule has 0 aliphatic carbocycles. The normalized spacial score (nSPS) is 12.0. The maximum atomic E-state index is 13.2. The number of hydrogen-bond acceptors (Lipinski definition) is 8. The van der Waals surface area contributed by atoms with Crippen molar-refractivity contribution in [3.63, 3.8) is 0 Å². The van der Waals surface area contributed by atoms with Gasteiger partial charge in [0.2, 0.25) is 12.2 Å². The number of ether oxygens (including phenoxy) is 4. The largest absolute Gasteiger partial charge is 0.497 e. The number of hydrogen-bond donors (Lipinski definition) is 2. The number of carboxylic acid groups (broad SMARTS) is 1. The molecule has 1 amide bonds. The molecule has 0 saturated carbocycles. The minimum atomic E-state index is -2.17. The molecule has 0 unspecified atom stereocenters. The number of anilines is 1. The van der Waals surface area contributed by atoms with Gasteiger partial charge in [-0.15, -0.1) is 0 Å². The van der Waals surface area contributed by atoms with Crippen molar-refractivity contribution < 1.29 is 43.2 Å². The van der Waals surface area contributed by atoms with Crippen molar-refractivity contribution in [2.75, 3.05) is 19.5 Å². The van der Waals surface area contributed by atoms with Gasteiger partial charge in [-0.25, -0.2) is 14.4 Å². The molecule has 0 saturated heterocycles. The molecule has 0 radical (unpaired) electrons. The standard InChI is InChI=1S/C27H25NO9/c1-16-7-4-10-19(13-16)28-24(29)22(36-26(32)17-8-5-11-20(14-17)34-2)23(25(30)31)37-27(33)18-9-6-12-21(15-18)35-3/h4-15,22-23H,1-3H3,(H,28,29)(H,30,31)/t22-,23+/m1/s1. The molecule has 3 aromatic carbocycles. The highest BCUT2D eigenvalue weighted by Gasteiger charge is 2.41. The van der Waals surface area contributed by atoms with Gasteiger partial charge >= 0.3 is 17.9 Å². The fraction of sp³-hybridized carbons (Fsp3) is 0.185. The van der Waals surface area contributed by atoms with E-state index >= 15 is 0 Å². The van der Waals surface area contributed by atoms with Crippen molar-refractivity contribution >= 4 is 29.5 Å². The van der Waals surface area contributed by atoms with Gasteiger partial charge in [-0.1, -0.05) is 24.3 Å². The van der Waals surface area contributed by atoms with Crippen LogP contribution in [0.1, 0.15) is 26.3 Å². The van der Waals surface area contributed by atoms with Crippen LogP contribution in [0.5, 0.6) is 11.5 Å². The predicted octanol–water partition coefficient (Wildman–Crippen LogP) is 3.49. The molecular weight excluding hydrogens is 482 g/mol. The summed E-state index contributed by atoms with van der Waals surface area (Å²) in [5.74, 6) is -4.11. The Bertz CT molecular complexity index is 1300. The minimum absolute atomic E-state index is 0.00373. The number of carboxylic acids is 1. The maximum Gasteiger partial charge on any atom is 0.349 e. The van der Waals surface area contributed by atoms with Crippen LogP contribution in [0.3, 0.4) is 0 Å². The summed E-state index contributed by atoms with van der Waals surface area (Å²) >= 11 is 0. The molecule has 0 aromatic heterocycles. The van der Waals surface area contributed by atoms with Gasteiger partial charge in [0.15, 0.2) is 0 Å². The second kappa shape index (κ2) is 12.2. The fourth-order valence-corrected chi connectivity index (χ4v) is 3.30. The van der Waals surface area contributed by atoms with E-state index in [9.17, 15) is 24.3 Å². The first-order chi connectivity index (χ1) is 17.7. The summed E-state index contributed by atoms with van der Waals surface area (Å²) in [6.07, 6.45) is -4.20. The van der Waals surface area contributed by atoms with Gasteiger partial charge in [0, 0.05) is 5.69 Å². The molecule has 0 aliphatic rings. The predicted molar refractivity (Wildman–Crippen MR) is 132 cm³/mol. The Hall–Kier alpha value is -4.86. The van der Waals surface area contributed by atoms with Crippen LogP contribution in [0.2, 0.25) is 0 Å². The van der Waals surface area contributed by atoms with Gasteiger partial charge in [0.1, 0.15) is 11.5 Å². The molecule has 0 spiro atoms. The average molecular weight is 507 g/mol. The highest BCUT2D eigenvalue weighted by molar-refractivity contribution is 6.01. The van der Waals surface area contributed by atoms with E-state index in [1.165, 1.54) is 50.6 Å². The highest BCUT2D eigenvalue weighted by Crippen LogP contribution is 2.20. The zero-order valence-corrected chi connectivity index (χ0v) is 20.3. The molecule has 3 aromatic rings. The van der Waals surface area contributed by atoms with Gasteiger partial charge in [0.25, 0.3) is 5.91 Å². The van der Waals surface area contributed by atoms with Gasteiger partial charge in [0.05, 0.1) is 25.3 Å². The smallest absolute Gasteiger partial charge is 0.349 e. The summed E-state index contributed by atoms with van der Waals surface area (Å²) in [4.78, 5) is 51.0. The Labute approximate surface area is 212 Å². The molecule has 37 heavy (non-hydrogen) atoms. The fourth-order valence-electron chi connectivity index (χ4n) is 3.30. The van der Waals surface area contributed by atoms with Gasteiger partial charge in [-0.3, -0.25) is 4.79 Å². The van der Waals surface area contributed by atoms with E-state index in [1.54, 1.807) is 43.3 Å². The first-order valence-corrected chi connectivity index (χ1v) is 11.0. The molecule has 2 N–H and O–H groups in total. The lowest BCUT2D eigenvalue weighted by Crippen LogP contribution is -2.48.